The molecule has 3 amide bonds. The number of Topliss-reactive ketones (excluding diaryl/α,β-unsaturated/α-hetero) is 1. The molecule has 1 unspecified atom stereocenters. The van der Waals surface area contributed by atoms with E-state index in [1.54, 1.807) is 16.7 Å². The van der Waals surface area contributed by atoms with Gasteiger partial charge in [-0.1, -0.05) is 68.4 Å². The van der Waals surface area contributed by atoms with Crippen molar-refractivity contribution in [3.63, 3.8) is 0 Å². The van der Waals surface area contributed by atoms with Gasteiger partial charge in [0.05, 0.1) is 48.3 Å². The number of carbonyl (C=O) groups excluding carboxylic acids is 4. The van der Waals surface area contributed by atoms with Crippen molar-refractivity contribution in [3.8, 4) is 22.5 Å². The van der Waals surface area contributed by atoms with Gasteiger partial charge < -0.3 is 35.1 Å². The normalized spacial score (nSPS) is 13.6. The van der Waals surface area contributed by atoms with Gasteiger partial charge in [-0.15, -0.1) is 5.10 Å². The molecule has 0 bridgehead atoms. The van der Waals surface area contributed by atoms with E-state index in [1.807, 2.05) is 97.0 Å². The van der Waals surface area contributed by atoms with Crippen LogP contribution in [0, 0.1) is 5.41 Å². The van der Waals surface area contributed by atoms with Crippen LogP contribution in [0.5, 0.6) is 0 Å². The molecule has 14 heteroatoms. The fourth-order valence-corrected chi connectivity index (χ4v) is 7.14. The summed E-state index contributed by atoms with van der Waals surface area (Å²) in [6, 6.07) is 15.1. The molecule has 2 aromatic carbocycles. The van der Waals surface area contributed by atoms with Gasteiger partial charge in [0.2, 0.25) is 11.8 Å². The number of ketones is 1. The van der Waals surface area contributed by atoms with Crippen molar-refractivity contribution in [2.75, 3.05) is 38.3 Å². The molecule has 3 aromatic rings. The van der Waals surface area contributed by atoms with E-state index in [2.05, 4.69) is 47.0 Å². The summed E-state index contributed by atoms with van der Waals surface area (Å²) in [5, 5.41) is 18.3. The number of carbonyl (C=O) groups is 4. The third-order valence-corrected chi connectivity index (χ3v) is 10.8. The van der Waals surface area contributed by atoms with Gasteiger partial charge in [0.15, 0.2) is 5.78 Å². The number of nitrogens with one attached hydrogen (secondary N) is 3. The lowest BCUT2D eigenvalue weighted by molar-refractivity contribution is -0.129. The topological polar surface area (TPSA) is 166 Å². The van der Waals surface area contributed by atoms with E-state index < -0.39 is 17.1 Å². The van der Waals surface area contributed by atoms with Crippen molar-refractivity contribution in [2.45, 2.75) is 150 Å². The molecule has 336 valence electrons. The third-order valence-electron chi connectivity index (χ3n) is 10.8. The molecule has 0 spiro atoms. The van der Waals surface area contributed by atoms with Crippen molar-refractivity contribution in [1.29, 1.82) is 0 Å². The first-order valence-electron chi connectivity index (χ1n) is 21.7. The molecular weight excluding hydrogens is 775 g/mol. The molecule has 1 aliphatic rings. The van der Waals surface area contributed by atoms with Gasteiger partial charge in [0, 0.05) is 55.1 Å². The number of anilines is 1. The van der Waals surface area contributed by atoms with Gasteiger partial charge in [-0.25, -0.2) is 9.48 Å². The van der Waals surface area contributed by atoms with Crippen LogP contribution in [0.2, 0.25) is 0 Å². The highest BCUT2D eigenvalue weighted by molar-refractivity contribution is 6.01. The summed E-state index contributed by atoms with van der Waals surface area (Å²) in [6.07, 6.45) is 3.08. The molecule has 3 N–H and O–H groups in total. The van der Waals surface area contributed by atoms with Crippen molar-refractivity contribution in [3.05, 3.63) is 54.1 Å². The van der Waals surface area contributed by atoms with Gasteiger partial charge >= 0.3 is 6.09 Å². The SMILES string of the molecule is COC(C)(C)CCOC(C)(C)CCNC(=O)CCC(=O)N1Cc2ccccc2-c2c(nnn2CCOC(=O)NCCCCC(NC(C)(C)C)C(=O)C(C)(C)C)-c2ccccc21. The predicted molar refractivity (Wildman–Crippen MR) is 239 cm³/mol. The van der Waals surface area contributed by atoms with Gasteiger partial charge in [0.25, 0.3) is 0 Å². The second-order valence-electron chi connectivity index (χ2n) is 19.2. The zero-order chi connectivity index (χ0) is 45.0. The van der Waals surface area contributed by atoms with Crippen LogP contribution in [-0.4, -0.2) is 94.9 Å². The second-order valence-corrected chi connectivity index (χ2v) is 19.2. The number of alkyl carbamates (subject to hydrolysis) is 1. The summed E-state index contributed by atoms with van der Waals surface area (Å²) in [4.78, 5) is 54.4. The molecule has 1 aliphatic heterocycles. The lowest BCUT2D eigenvalue weighted by Gasteiger charge is -2.31. The number of rotatable bonds is 21. The molecule has 1 aromatic heterocycles. The Morgan fingerprint density at radius 1 is 0.787 bits per heavy atom. The minimum Gasteiger partial charge on any atom is -0.448 e. The van der Waals surface area contributed by atoms with Crippen molar-refractivity contribution in [2.24, 2.45) is 5.41 Å². The number of unbranched alkanes of at least 4 members (excludes halogenated alkanes) is 1. The Labute approximate surface area is 363 Å². The smallest absolute Gasteiger partial charge is 0.407 e. The van der Waals surface area contributed by atoms with Gasteiger partial charge in [-0.05, 0) is 92.2 Å². The van der Waals surface area contributed by atoms with Crippen LogP contribution in [0.25, 0.3) is 22.5 Å². The largest absolute Gasteiger partial charge is 0.448 e. The van der Waals surface area contributed by atoms with Crippen LogP contribution < -0.4 is 20.9 Å². The second kappa shape index (κ2) is 21.4. The van der Waals surface area contributed by atoms with Crippen molar-refractivity contribution < 1.29 is 33.4 Å². The maximum Gasteiger partial charge on any atom is 0.407 e. The molecule has 0 fully saturated rings. The number of nitrogens with zero attached hydrogens (tertiary/aromatic N) is 4. The average Bonchev–Trinajstić information content (AvgIpc) is 3.59. The number of fused-ring (bicyclic) bond motifs is 5. The number of amides is 3. The van der Waals surface area contributed by atoms with Gasteiger partial charge in [0.1, 0.15) is 12.3 Å². The van der Waals surface area contributed by atoms with Crippen molar-refractivity contribution >= 4 is 29.4 Å². The quantitative estimate of drug-likeness (QED) is 0.0909. The fraction of sp³-hybridized carbons (Fsp3) is 0.617. The maximum absolute atomic E-state index is 14.0. The summed E-state index contributed by atoms with van der Waals surface area (Å²) in [5.41, 5.74) is 3.17. The summed E-state index contributed by atoms with van der Waals surface area (Å²) < 4.78 is 18.9. The number of hydrogen-bond acceptors (Lipinski definition) is 10. The van der Waals surface area contributed by atoms with Gasteiger partial charge in [-0.2, -0.15) is 0 Å². The number of hydrogen-bond donors (Lipinski definition) is 3. The lowest BCUT2D eigenvalue weighted by Crippen LogP contribution is -2.50. The first kappa shape index (κ1) is 49.0. The van der Waals surface area contributed by atoms with Crippen LogP contribution in [-0.2, 0) is 41.7 Å². The van der Waals surface area contributed by atoms with E-state index in [0.29, 0.717) is 50.3 Å². The first-order chi connectivity index (χ1) is 28.6. The zero-order valence-electron chi connectivity index (χ0n) is 38.5. The molecule has 14 nitrogen and oxygen atoms in total. The Hall–Kier alpha value is -4.66. The molecule has 0 aliphatic carbocycles. The Bertz CT molecular complexity index is 1940. The number of benzene rings is 2. The van der Waals surface area contributed by atoms with Gasteiger partial charge in [-0.3, -0.25) is 14.4 Å². The van der Waals surface area contributed by atoms with E-state index in [9.17, 15) is 19.2 Å². The highest BCUT2D eigenvalue weighted by Gasteiger charge is 2.32. The minimum absolute atomic E-state index is 0.0269. The molecule has 1 atom stereocenters. The average molecular weight is 846 g/mol. The zero-order valence-corrected chi connectivity index (χ0v) is 38.5. The first-order valence-corrected chi connectivity index (χ1v) is 21.7. The molecular formula is C47H71N7O7. The van der Waals surface area contributed by atoms with E-state index in [4.69, 9.17) is 14.2 Å². The Morgan fingerprint density at radius 2 is 1.48 bits per heavy atom. The third kappa shape index (κ3) is 15.0. The highest BCUT2D eigenvalue weighted by Crippen LogP contribution is 2.41. The van der Waals surface area contributed by atoms with Crippen LogP contribution in [0.15, 0.2) is 48.5 Å². The molecule has 2 heterocycles. The molecule has 0 saturated heterocycles. The molecule has 0 radical (unpaired) electrons. The van der Waals surface area contributed by atoms with E-state index in [1.165, 1.54) is 0 Å². The molecule has 0 saturated carbocycles. The lowest BCUT2D eigenvalue weighted by atomic mass is 9.84. The molecule has 61 heavy (non-hydrogen) atoms. The Balaban J connectivity index is 1.34. The van der Waals surface area contributed by atoms with E-state index in [-0.39, 0.29) is 67.3 Å². The number of para-hydroxylation sites is 1. The fourth-order valence-electron chi connectivity index (χ4n) is 7.14. The van der Waals surface area contributed by atoms with Crippen LogP contribution >= 0.6 is 0 Å². The van der Waals surface area contributed by atoms with Crippen LogP contribution in [0.4, 0.5) is 10.5 Å². The van der Waals surface area contributed by atoms with E-state index in [0.717, 1.165) is 35.2 Å². The Kier molecular flexibility index (Phi) is 17.2. The summed E-state index contributed by atoms with van der Waals surface area (Å²) in [5.74, 6) is -0.197. The van der Waals surface area contributed by atoms with E-state index >= 15 is 0 Å². The summed E-state index contributed by atoms with van der Waals surface area (Å²) in [7, 11) is 1.69. The predicted octanol–water partition coefficient (Wildman–Crippen LogP) is 7.62. The minimum atomic E-state index is -0.525. The number of ether oxygens (including phenoxy) is 3. The van der Waals surface area contributed by atoms with Crippen LogP contribution in [0.1, 0.15) is 120 Å². The summed E-state index contributed by atoms with van der Waals surface area (Å²) in [6.45, 7) is 22.0. The highest BCUT2D eigenvalue weighted by atomic mass is 16.5. The maximum atomic E-state index is 14.0. The van der Waals surface area contributed by atoms with Crippen molar-refractivity contribution in [1.82, 2.24) is 30.9 Å². The monoisotopic (exact) mass is 846 g/mol. The van der Waals surface area contributed by atoms with Crippen LogP contribution in [0.3, 0.4) is 0 Å². The summed E-state index contributed by atoms with van der Waals surface area (Å²) >= 11 is 0. The number of methoxy groups -OCH3 is 1. The Morgan fingerprint density at radius 3 is 2.16 bits per heavy atom. The number of aromatic nitrogens is 3. The standard InChI is InChI=1S/C47H71N7O7/c1-44(2,3)42(57)36(50-45(4,5)6)21-16-17-27-49-43(58)60-31-29-54-41-34-19-13-12-18-33(34)32-53(37-22-15-14-20-35(37)40(41)51-52-54)39(56)24-23-38(55)48-28-25-47(9,10)61-30-26-46(7,8)59-11/h12-15,18-20,22,36,50H,16-17,21,23-32H2,1-11H3,(H,48,55)(H,49,58). The molecule has 4 rings (SSSR count).